The Morgan fingerprint density at radius 2 is 2.11 bits per heavy atom. The lowest BCUT2D eigenvalue weighted by Gasteiger charge is -2.15. The minimum Gasteiger partial charge on any atom is -0.478 e. The molecule has 1 rings (SSSR count). The summed E-state index contributed by atoms with van der Waals surface area (Å²) in [7, 11) is -1.12. The number of carboxylic acids is 1. The highest BCUT2D eigenvalue weighted by atomic mass is 28.3. The first-order valence-electron chi connectivity index (χ1n) is 5.81. The Balaban J connectivity index is 2.54. The molecule has 0 amide bonds. The van der Waals surface area contributed by atoms with Crippen molar-refractivity contribution in [3.63, 3.8) is 0 Å². The summed E-state index contributed by atoms with van der Waals surface area (Å²) in [5.74, 6) is -1.10. The van der Waals surface area contributed by atoms with Crippen LogP contribution in [0.4, 0.5) is 0 Å². The molecule has 0 unspecified atom stereocenters. The first-order valence-corrected chi connectivity index (χ1v) is 9.52. The van der Waals surface area contributed by atoms with Gasteiger partial charge in [0.15, 0.2) is 0 Å². The van der Waals surface area contributed by atoms with Gasteiger partial charge in [-0.15, -0.1) is 0 Å². The number of nitrogens with zero attached hydrogens (tertiary/aromatic N) is 1. The fraction of sp³-hybridized carbons (Fsp3) is 0.500. The lowest BCUT2D eigenvalue weighted by Crippen LogP contribution is -2.24. The van der Waals surface area contributed by atoms with Crippen LogP contribution in [-0.2, 0) is 11.5 Å². The Hall–Kier alpha value is -1.40. The highest BCUT2D eigenvalue weighted by Gasteiger charge is 2.12. The molecular weight excluding hydrogens is 250 g/mol. The summed E-state index contributed by atoms with van der Waals surface area (Å²) in [4.78, 5) is 22.2. The molecule has 0 aliphatic rings. The van der Waals surface area contributed by atoms with E-state index in [1.165, 1.54) is 16.8 Å². The maximum atomic E-state index is 11.6. The molecule has 100 valence electrons. The van der Waals surface area contributed by atoms with E-state index in [2.05, 4.69) is 19.6 Å². The van der Waals surface area contributed by atoms with Gasteiger partial charge in [0, 0.05) is 26.9 Å². The van der Waals surface area contributed by atoms with E-state index in [0.717, 1.165) is 12.1 Å². The molecule has 0 aliphatic carbocycles. The molecular formula is C12H19NO4Si. The van der Waals surface area contributed by atoms with Gasteiger partial charge in [-0.3, -0.25) is 9.36 Å². The first-order chi connectivity index (χ1) is 8.29. The predicted octanol–water partition coefficient (Wildman–Crippen LogP) is 1.86. The number of pyridine rings is 1. The Morgan fingerprint density at radius 1 is 1.44 bits per heavy atom. The molecule has 5 nitrogen and oxygen atoms in total. The highest BCUT2D eigenvalue weighted by Crippen LogP contribution is 2.07. The van der Waals surface area contributed by atoms with Gasteiger partial charge >= 0.3 is 5.97 Å². The number of hydrogen-bond acceptors (Lipinski definition) is 3. The molecule has 0 saturated carbocycles. The van der Waals surface area contributed by atoms with Crippen LogP contribution in [0.15, 0.2) is 23.1 Å². The fourth-order valence-corrected chi connectivity index (χ4v) is 2.05. The minimum absolute atomic E-state index is 0.00153. The van der Waals surface area contributed by atoms with Crippen molar-refractivity contribution in [1.82, 2.24) is 4.57 Å². The number of aromatic nitrogens is 1. The summed E-state index contributed by atoms with van der Waals surface area (Å²) in [5, 5.41) is 8.73. The van der Waals surface area contributed by atoms with E-state index in [9.17, 15) is 9.59 Å². The molecule has 0 bridgehead atoms. The SMILES string of the molecule is C[Si](C)(C)CCOCn1ccc(C(=O)O)cc1=O. The third-order valence-corrected chi connectivity index (χ3v) is 4.17. The van der Waals surface area contributed by atoms with Crippen LogP contribution in [0, 0.1) is 0 Å². The van der Waals surface area contributed by atoms with E-state index >= 15 is 0 Å². The quantitative estimate of drug-likeness (QED) is 0.632. The zero-order valence-electron chi connectivity index (χ0n) is 11.0. The monoisotopic (exact) mass is 269 g/mol. The topological polar surface area (TPSA) is 68.5 Å². The van der Waals surface area contributed by atoms with Crippen molar-refractivity contribution in [1.29, 1.82) is 0 Å². The minimum atomic E-state index is -1.12. The maximum Gasteiger partial charge on any atom is 0.335 e. The van der Waals surface area contributed by atoms with Crippen LogP contribution in [-0.4, -0.2) is 30.3 Å². The van der Waals surface area contributed by atoms with Crippen molar-refractivity contribution in [2.75, 3.05) is 6.61 Å². The second kappa shape index (κ2) is 5.97. The van der Waals surface area contributed by atoms with Crippen LogP contribution in [0.25, 0.3) is 0 Å². The third-order valence-electron chi connectivity index (χ3n) is 2.47. The van der Waals surface area contributed by atoms with Crippen molar-refractivity contribution in [2.24, 2.45) is 0 Å². The van der Waals surface area contributed by atoms with Gasteiger partial charge in [0.25, 0.3) is 5.56 Å². The zero-order chi connectivity index (χ0) is 13.8. The lowest BCUT2D eigenvalue weighted by atomic mass is 10.3. The Kier molecular flexibility index (Phi) is 4.86. The standard InChI is InChI=1S/C12H19NO4Si/c1-18(2,3)7-6-17-9-13-5-4-10(12(15)16)8-11(13)14/h4-5,8H,6-7,9H2,1-3H3,(H,15,16). The zero-order valence-corrected chi connectivity index (χ0v) is 12.0. The fourth-order valence-electron chi connectivity index (χ4n) is 1.29. The van der Waals surface area contributed by atoms with Crippen molar-refractivity contribution < 1.29 is 14.6 Å². The molecule has 6 heteroatoms. The van der Waals surface area contributed by atoms with Crippen molar-refractivity contribution in [2.45, 2.75) is 32.4 Å². The smallest absolute Gasteiger partial charge is 0.335 e. The van der Waals surface area contributed by atoms with Crippen molar-refractivity contribution in [3.8, 4) is 0 Å². The van der Waals surface area contributed by atoms with Crippen LogP contribution < -0.4 is 5.56 Å². The molecule has 0 aliphatic heterocycles. The summed E-state index contributed by atoms with van der Waals surface area (Å²) in [6.45, 7) is 7.56. The van der Waals surface area contributed by atoms with E-state index in [1.54, 1.807) is 0 Å². The van der Waals surface area contributed by atoms with Crippen molar-refractivity contribution >= 4 is 14.0 Å². The summed E-state index contributed by atoms with van der Waals surface area (Å²) >= 11 is 0. The van der Waals surface area contributed by atoms with Gasteiger partial charge in [0.2, 0.25) is 0 Å². The van der Waals surface area contributed by atoms with Gasteiger partial charge in [-0.1, -0.05) is 19.6 Å². The summed E-state index contributed by atoms with van der Waals surface area (Å²) < 4.78 is 6.78. The van der Waals surface area contributed by atoms with Gasteiger partial charge in [0.05, 0.1) is 5.56 Å². The molecule has 0 atom stereocenters. The largest absolute Gasteiger partial charge is 0.478 e. The second-order valence-corrected chi connectivity index (χ2v) is 11.0. The molecule has 1 aromatic heterocycles. The van der Waals surface area contributed by atoms with Gasteiger partial charge < -0.3 is 9.84 Å². The number of carbonyl (C=O) groups is 1. The average Bonchev–Trinajstić information content (AvgIpc) is 2.24. The Bertz CT molecular complexity index is 476. The van der Waals surface area contributed by atoms with Gasteiger partial charge in [-0.25, -0.2) is 4.79 Å². The predicted molar refractivity (Wildman–Crippen MR) is 71.8 cm³/mol. The van der Waals surface area contributed by atoms with E-state index in [1.807, 2.05) is 0 Å². The normalized spacial score (nSPS) is 11.5. The number of aromatic carboxylic acids is 1. The molecule has 0 aromatic carbocycles. The van der Waals surface area contributed by atoms with Crippen LogP contribution in [0.5, 0.6) is 0 Å². The molecule has 0 saturated heterocycles. The Morgan fingerprint density at radius 3 is 2.61 bits per heavy atom. The van der Waals surface area contributed by atoms with Crippen LogP contribution in [0.2, 0.25) is 25.7 Å². The molecule has 1 heterocycles. The second-order valence-electron chi connectivity index (χ2n) is 5.38. The van der Waals surface area contributed by atoms with E-state index in [-0.39, 0.29) is 17.9 Å². The number of hydrogen-bond donors (Lipinski definition) is 1. The summed E-state index contributed by atoms with van der Waals surface area (Å²) in [6, 6.07) is 3.53. The highest BCUT2D eigenvalue weighted by molar-refractivity contribution is 6.76. The summed E-state index contributed by atoms with van der Waals surface area (Å²) in [6.07, 6.45) is 1.44. The number of carboxylic acid groups (broad SMARTS) is 1. The first kappa shape index (κ1) is 14.7. The van der Waals surface area contributed by atoms with Gasteiger partial charge in [0.1, 0.15) is 6.73 Å². The number of ether oxygens (including phenoxy) is 1. The Labute approximate surface area is 107 Å². The van der Waals surface area contributed by atoms with Crippen LogP contribution in [0.3, 0.4) is 0 Å². The number of rotatable bonds is 6. The maximum absolute atomic E-state index is 11.6. The molecule has 0 spiro atoms. The van der Waals surface area contributed by atoms with Gasteiger partial charge in [-0.2, -0.15) is 0 Å². The van der Waals surface area contributed by atoms with E-state index in [0.29, 0.717) is 6.61 Å². The molecule has 0 fully saturated rings. The molecule has 18 heavy (non-hydrogen) atoms. The van der Waals surface area contributed by atoms with Gasteiger partial charge in [-0.05, 0) is 12.1 Å². The molecule has 1 N–H and O–H groups in total. The van der Waals surface area contributed by atoms with Crippen molar-refractivity contribution in [3.05, 3.63) is 34.2 Å². The molecule has 1 aromatic rings. The summed E-state index contributed by atoms with van der Waals surface area (Å²) in [5.41, 5.74) is -0.360. The van der Waals surface area contributed by atoms with E-state index < -0.39 is 14.0 Å². The van der Waals surface area contributed by atoms with Crippen LogP contribution in [0.1, 0.15) is 10.4 Å². The lowest BCUT2D eigenvalue weighted by molar-refractivity contribution is 0.0693. The van der Waals surface area contributed by atoms with Crippen LogP contribution >= 0.6 is 0 Å². The average molecular weight is 269 g/mol. The third kappa shape index (κ3) is 4.85. The molecule has 0 radical (unpaired) electrons. The van der Waals surface area contributed by atoms with E-state index in [4.69, 9.17) is 9.84 Å².